The van der Waals surface area contributed by atoms with E-state index in [1.807, 2.05) is 24.3 Å². The van der Waals surface area contributed by atoms with Gasteiger partial charge in [0, 0.05) is 6.42 Å². The second-order valence-electron chi connectivity index (χ2n) is 7.38. The van der Waals surface area contributed by atoms with E-state index >= 15 is 0 Å². The largest absolute Gasteiger partial charge is 0.497 e. The lowest BCUT2D eigenvalue weighted by Crippen LogP contribution is -2.08. The molecule has 1 aliphatic carbocycles. The number of methoxy groups -OCH3 is 2. The van der Waals surface area contributed by atoms with Gasteiger partial charge in [0.2, 0.25) is 0 Å². The lowest BCUT2D eigenvalue weighted by molar-refractivity contribution is -0.140. The predicted octanol–water partition coefficient (Wildman–Crippen LogP) is 5.60. The lowest BCUT2D eigenvalue weighted by Gasteiger charge is -2.21. The number of rotatable bonds is 9. The molecule has 29 heavy (non-hydrogen) atoms. The smallest absolute Gasteiger partial charge is 0.305 e. The van der Waals surface area contributed by atoms with E-state index < -0.39 is 0 Å². The number of ether oxygens (including phenoxy) is 3. The van der Waals surface area contributed by atoms with Crippen LogP contribution in [0.15, 0.2) is 54.1 Å². The molecule has 1 aliphatic rings. The molecule has 0 atom stereocenters. The van der Waals surface area contributed by atoms with Crippen LogP contribution in [0, 0.1) is 0 Å². The Labute approximate surface area is 173 Å². The fourth-order valence-corrected chi connectivity index (χ4v) is 3.73. The molecule has 0 aliphatic heterocycles. The Morgan fingerprint density at radius 1 is 0.897 bits per heavy atom. The van der Waals surface area contributed by atoms with Gasteiger partial charge in [0.25, 0.3) is 0 Å². The third kappa shape index (κ3) is 6.11. The van der Waals surface area contributed by atoms with Gasteiger partial charge in [0.05, 0.1) is 14.2 Å². The van der Waals surface area contributed by atoms with Crippen molar-refractivity contribution in [2.75, 3.05) is 20.8 Å². The average molecular weight is 395 g/mol. The zero-order valence-corrected chi connectivity index (χ0v) is 17.4. The topological polar surface area (TPSA) is 44.8 Å². The van der Waals surface area contributed by atoms with E-state index in [0.29, 0.717) is 13.0 Å². The van der Waals surface area contributed by atoms with Crippen LogP contribution in [0.2, 0.25) is 0 Å². The fourth-order valence-electron chi connectivity index (χ4n) is 3.73. The maximum absolute atomic E-state index is 11.2. The van der Waals surface area contributed by atoms with Gasteiger partial charge in [-0.3, -0.25) is 4.79 Å². The van der Waals surface area contributed by atoms with Crippen LogP contribution in [0.5, 0.6) is 11.5 Å². The summed E-state index contributed by atoms with van der Waals surface area (Å²) in [6.45, 7) is 0.628. The summed E-state index contributed by atoms with van der Waals surface area (Å²) < 4.78 is 16.1. The van der Waals surface area contributed by atoms with Gasteiger partial charge in [-0.05, 0) is 85.1 Å². The van der Waals surface area contributed by atoms with Crippen molar-refractivity contribution in [1.82, 2.24) is 0 Å². The third-order valence-electron chi connectivity index (χ3n) is 5.43. The number of carbonyl (C=O) groups excluding carboxylic acids is 1. The average Bonchev–Trinajstić information content (AvgIpc) is 2.78. The van der Waals surface area contributed by atoms with Crippen LogP contribution in [0.4, 0.5) is 0 Å². The molecule has 0 heterocycles. The van der Waals surface area contributed by atoms with Crippen molar-refractivity contribution in [2.24, 2.45) is 0 Å². The van der Waals surface area contributed by atoms with Crippen LogP contribution in [-0.4, -0.2) is 26.8 Å². The van der Waals surface area contributed by atoms with Gasteiger partial charge in [0.15, 0.2) is 0 Å². The maximum Gasteiger partial charge on any atom is 0.305 e. The van der Waals surface area contributed by atoms with Crippen LogP contribution in [-0.2, 0) is 16.0 Å². The van der Waals surface area contributed by atoms with E-state index in [9.17, 15) is 4.79 Å². The Morgan fingerprint density at radius 2 is 1.59 bits per heavy atom. The molecule has 0 radical (unpaired) electrons. The molecule has 2 aromatic rings. The zero-order chi connectivity index (χ0) is 20.5. The summed E-state index contributed by atoms with van der Waals surface area (Å²) in [6.07, 6.45) is 6.75. The van der Waals surface area contributed by atoms with E-state index in [4.69, 9.17) is 9.47 Å². The van der Waals surface area contributed by atoms with Crippen LogP contribution in [0.3, 0.4) is 0 Å². The Balaban J connectivity index is 1.59. The van der Waals surface area contributed by atoms with Gasteiger partial charge in [-0.2, -0.15) is 0 Å². The quantitative estimate of drug-likeness (QED) is 0.520. The lowest BCUT2D eigenvalue weighted by atomic mass is 9.87. The highest BCUT2D eigenvalue weighted by Gasteiger charge is 2.15. The van der Waals surface area contributed by atoms with Crippen molar-refractivity contribution in [2.45, 2.75) is 44.9 Å². The summed E-state index contributed by atoms with van der Waals surface area (Å²) in [5.41, 5.74) is 5.28. The maximum atomic E-state index is 11.2. The first-order valence-corrected chi connectivity index (χ1v) is 10.3. The second kappa shape index (κ2) is 10.7. The van der Waals surface area contributed by atoms with Crippen molar-refractivity contribution in [1.29, 1.82) is 0 Å². The number of hydrogen-bond donors (Lipinski definition) is 0. The minimum Gasteiger partial charge on any atom is -0.497 e. The van der Waals surface area contributed by atoms with Crippen LogP contribution >= 0.6 is 0 Å². The Kier molecular flexibility index (Phi) is 7.74. The highest BCUT2D eigenvalue weighted by Crippen LogP contribution is 2.33. The Morgan fingerprint density at radius 3 is 2.28 bits per heavy atom. The second-order valence-corrected chi connectivity index (χ2v) is 7.38. The molecule has 4 nitrogen and oxygen atoms in total. The molecule has 0 amide bonds. The predicted molar refractivity (Wildman–Crippen MR) is 115 cm³/mol. The standard InChI is InChI=1S/C25H30O4/c1-27-22-16-12-20(13-17-22)24-8-4-3-7-21(24)18-29-23-14-10-19(11-15-23)6-5-9-25(26)28-2/h10-17H,3-9,18H2,1-2H3. The van der Waals surface area contributed by atoms with Crippen molar-refractivity contribution >= 4 is 11.5 Å². The van der Waals surface area contributed by atoms with Gasteiger partial charge in [-0.1, -0.05) is 24.3 Å². The minimum absolute atomic E-state index is 0.154. The summed E-state index contributed by atoms with van der Waals surface area (Å²) in [6, 6.07) is 16.5. The van der Waals surface area contributed by atoms with Gasteiger partial charge in [-0.25, -0.2) is 0 Å². The van der Waals surface area contributed by atoms with Crippen molar-refractivity contribution in [3.05, 3.63) is 65.2 Å². The molecule has 0 unspecified atom stereocenters. The van der Waals surface area contributed by atoms with E-state index in [2.05, 4.69) is 29.0 Å². The molecule has 0 fully saturated rings. The van der Waals surface area contributed by atoms with E-state index in [-0.39, 0.29) is 5.97 Å². The van der Waals surface area contributed by atoms with E-state index in [1.54, 1.807) is 7.11 Å². The van der Waals surface area contributed by atoms with Gasteiger partial charge < -0.3 is 14.2 Å². The monoisotopic (exact) mass is 394 g/mol. The normalized spacial score (nSPS) is 13.9. The Bertz CT molecular complexity index is 819. The first kappa shape index (κ1) is 21.0. The molecular formula is C25H30O4. The number of aryl methyl sites for hydroxylation is 1. The zero-order valence-electron chi connectivity index (χ0n) is 17.4. The molecule has 154 valence electrons. The molecule has 0 N–H and O–H groups in total. The number of allylic oxidation sites excluding steroid dienone is 1. The highest BCUT2D eigenvalue weighted by atomic mass is 16.5. The van der Waals surface area contributed by atoms with Crippen molar-refractivity contribution in [3.63, 3.8) is 0 Å². The minimum atomic E-state index is -0.154. The number of carbonyl (C=O) groups is 1. The van der Waals surface area contributed by atoms with E-state index in [1.165, 1.54) is 42.2 Å². The summed E-state index contributed by atoms with van der Waals surface area (Å²) in [5.74, 6) is 1.61. The van der Waals surface area contributed by atoms with Crippen LogP contribution in [0.1, 0.15) is 49.7 Å². The molecule has 4 heteroatoms. The third-order valence-corrected chi connectivity index (χ3v) is 5.43. The van der Waals surface area contributed by atoms with Crippen LogP contribution in [0.25, 0.3) is 5.57 Å². The van der Waals surface area contributed by atoms with Gasteiger partial charge >= 0.3 is 5.97 Å². The molecule has 0 spiro atoms. The summed E-state index contributed by atoms with van der Waals surface area (Å²) in [7, 11) is 3.12. The molecule has 0 saturated carbocycles. The first-order chi connectivity index (χ1) is 14.2. The molecule has 2 aromatic carbocycles. The highest BCUT2D eigenvalue weighted by molar-refractivity contribution is 5.70. The first-order valence-electron chi connectivity index (χ1n) is 10.3. The summed E-state index contributed by atoms with van der Waals surface area (Å²) in [4.78, 5) is 11.2. The van der Waals surface area contributed by atoms with Crippen molar-refractivity contribution < 1.29 is 19.0 Å². The fraction of sp³-hybridized carbons (Fsp3) is 0.400. The Hall–Kier alpha value is -2.75. The summed E-state index contributed by atoms with van der Waals surface area (Å²) in [5, 5.41) is 0. The van der Waals surface area contributed by atoms with Gasteiger partial charge in [-0.15, -0.1) is 0 Å². The number of esters is 1. The number of benzene rings is 2. The molecule has 3 rings (SSSR count). The molecule has 0 bridgehead atoms. The SMILES string of the molecule is COC(=O)CCCc1ccc(OCC2=C(c3ccc(OC)cc3)CCCC2)cc1. The number of hydrogen-bond acceptors (Lipinski definition) is 4. The van der Waals surface area contributed by atoms with Gasteiger partial charge in [0.1, 0.15) is 18.1 Å². The molecular weight excluding hydrogens is 364 g/mol. The van der Waals surface area contributed by atoms with E-state index in [0.717, 1.165) is 37.2 Å². The molecule has 0 aromatic heterocycles. The molecule has 0 saturated heterocycles. The van der Waals surface area contributed by atoms with Crippen molar-refractivity contribution in [3.8, 4) is 11.5 Å². The van der Waals surface area contributed by atoms with Crippen LogP contribution < -0.4 is 9.47 Å². The summed E-state index contributed by atoms with van der Waals surface area (Å²) >= 11 is 0.